The summed E-state index contributed by atoms with van der Waals surface area (Å²) in [4.78, 5) is 39.6. The zero-order valence-corrected chi connectivity index (χ0v) is 22.2. The monoisotopic (exact) mass is 535 g/mol. The van der Waals surface area contributed by atoms with E-state index in [0.29, 0.717) is 13.0 Å². The molecule has 0 spiro atoms. The summed E-state index contributed by atoms with van der Waals surface area (Å²) >= 11 is 0. The molecule has 0 saturated heterocycles. The third-order valence-corrected chi connectivity index (χ3v) is 6.33. The SMILES string of the molecule is O=C(N[C@@H](Cc1ccccc1)C(=O)N[C@H](Cc1ccccc1)C(=O)NCc1ccccc1)OCc1ccccc1. The van der Waals surface area contributed by atoms with Crippen molar-refractivity contribution in [1.82, 2.24) is 16.0 Å². The van der Waals surface area contributed by atoms with Crippen LogP contribution >= 0.6 is 0 Å². The van der Waals surface area contributed by atoms with Gasteiger partial charge in [0.25, 0.3) is 0 Å². The first-order valence-electron chi connectivity index (χ1n) is 13.2. The molecule has 0 bridgehead atoms. The van der Waals surface area contributed by atoms with Crippen molar-refractivity contribution in [1.29, 1.82) is 0 Å². The summed E-state index contributed by atoms with van der Waals surface area (Å²) in [5.74, 6) is -0.789. The summed E-state index contributed by atoms with van der Waals surface area (Å²) in [6.45, 7) is 0.406. The fourth-order valence-corrected chi connectivity index (χ4v) is 4.21. The molecule has 3 amide bonds. The molecule has 4 rings (SSSR count). The molecule has 0 saturated carbocycles. The second kappa shape index (κ2) is 14.9. The molecule has 0 aliphatic carbocycles. The van der Waals surface area contributed by atoms with Gasteiger partial charge in [-0.1, -0.05) is 121 Å². The Morgan fingerprint density at radius 3 is 1.45 bits per heavy atom. The Hall–Kier alpha value is -4.91. The Morgan fingerprint density at radius 2 is 0.950 bits per heavy atom. The average Bonchev–Trinajstić information content (AvgIpc) is 3.00. The minimum absolute atomic E-state index is 0.0743. The average molecular weight is 536 g/mol. The fourth-order valence-electron chi connectivity index (χ4n) is 4.21. The molecular formula is C33H33N3O4. The van der Waals surface area contributed by atoms with Gasteiger partial charge in [0.1, 0.15) is 18.7 Å². The highest BCUT2D eigenvalue weighted by Crippen LogP contribution is 2.09. The van der Waals surface area contributed by atoms with Gasteiger partial charge in [0.15, 0.2) is 0 Å². The lowest BCUT2D eigenvalue weighted by Gasteiger charge is -2.23. The third-order valence-electron chi connectivity index (χ3n) is 6.33. The maximum absolute atomic E-state index is 13.6. The maximum atomic E-state index is 13.6. The lowest BCUT2D eigenvalue weighted by Crippen LogP contribution is -2.55. The van der Waals surface area contributed by atoms with E-state index >= 15 is 0 Å². The molecule has 2 atom stereocenters. The summed E-state index contributed by atoms with van der Waals surface area (Å²) in [5, 5.41) is 8.50. The van der Waals surface area contributed by atoms with E-state index in [1.807, 2.05) is 121 Å². The summed E-state index contributed by atoms with van der Waals surface area (Å²) in [5.41, 5.74) is 3.54. The Morgan fingerprint density at radius 1 is 0.525 bits per heavy atom. The third kappa shape index (κ3) is 9.13. The van der Waals surface area contributed by atoms with Crippen LogP contribution in [0.1, 0.15) is 22.3 Å². The van der Waals surface area contributed by atoms with Crippen molar-refractivity contribution in [3.8, 4) is 0 Å². The second-order valence-electron chi connectivity index (χ2n) is 9.40. The van der Waals surface area contributed by atoms with Gasteiger partial charge in [0.05, 0.1) is 0 Å². The molecule has 0 unspecified atom stereocenters. The largest absolute Gasteiger partial charge is 0.445 e. The van der Waals surface area contributed by atoms with Crippen LogP contribution in [0.25, 0.3) is 0 Å². The van der Waals surface area contributed by atoms with E-state index in [1.54, 1.807) is 0 Å². The fraction of sp³-hybridized carbons (Fsp3) is 0.182. The van der Waals surface area contributed by atoms with Crippen LogP contribution in [0.5, 0.6) is 0 Å². The molecule has 204 valence electrons. The van der Waals surface area contributed by atoms with E-state index < -0.39 is 24.1 Å². The number of hydrogen-bond acceptors (Lipinski definition) is 4. The van der Waals surface area contributed by atoms with E-state index in [0.717, 1.165) is 22.3 Å². The van der Waals surface area contributed by atoms with E-state index in [9.17, 15) is 14.4 Å². The smallest absolute Gasteiger partial charge is 0.408 e. The molecule has 0 aliphatic rings. The molecule has 0 heterocycles. The van der Waals surface area contributed by atoms with E-state index in [-0.39, 0.29) is 18.9 Å². The molecule has 0 fully saturated rings. The molecule has 0 radical (unpaired) electrons. The zero-order valence-electron chi connectivity index (χ0n) is 22.2. The topological polar surface area (TPSA) is 96.5 Å². The number of amides is 3. The van der Waals surface area contributed by atoms with Crippen LogP contribution in [0, 0.1) is 0 Å². The number of carbonyl (C=O) groups excluding carboxylic acids is 3. The number of carbonyl (C=O) groups is 3. The second-order valence-corrected chi connectivity index (χ2v) is 9.40. The van der Waals surface area contributed by atoms with Crippen molar-refractivity contribution in [2.75, 3.05) is 0 Å². The summed E-state index contributed by atoms with van der Waals surface area (Å²) in [6.07, 6.45) is -0.186. The standard InChI is InChI=1S/C33H33N3O4/c37-31(34-23-27-17-9-3-10-18-27)29(21-25-13-5-1-6-14-25)35-32(38)30(22-26-15-7-2-8-16-26)36-33(39)40-24-28-19-11-4-12-20-28/h1-20,29-30H,21-24H2,(H,34,37)(H,35,38)(H,36,39)/t29-,30+/m1/s1. The summed E-state index contributed by atoms with van der Waals surface area (Å²) in [7, 11) is 0. The van der Waals surface area contributed by atoms with Crippen LogP contribution < -0.4 is 16.0 Å². The predicted octanol–water partition coefficient (Wildman–Crippen LogP) is 4.57. The lowest BCUT2D eigenvalue weighted by molar-refractivity contribution is -0.130. The van der Waals surface area contributed by atoms with Crippen molar-refractivity contribution in [3.05, 3.63) is 144 Å². The van der Waals surface area contributed by atoms with E-state index in [1.165, 1.54) is 0 Å². The summed E-state index contributed by atoms with van der Waals surface area (Å²) < 4.78 is 5.37. The zero-order chi connectivity index (χ0) is 28.0. The first-order chi connectivity index (χ1) is 19.6. The Balaban J connectivity index is 1.46. The highest BCUT2D eigenvalue weighted by Gasteiger charge is 2.27. The first-order valence-corrected chi connectivity index (χ1v) is 13.2. The van der Waals surface area contributed by atoms with Gasteiger partial charge in [-0.2, -0.15) is 0 Å². The highest BCUT2D eigenvalue weighted by atomic mass is 16.5. The molecule has 7 heteroatoms. The Bertz CT molecular complexity index is 1350. The molecule has 4 aromatic carbocycles. The van der Waals surface area contributed by atoms with Crippen LogP contribution in [0.15, 0.2) is 121 Å². The van der Waals surface area contributed by atoms with Crippen molar-refractivity contribution in [3.63, 3.8) is 0 Å². The minimum Gasteiger partial charge on any atom is -0.445 e. The highest BCUT2D eigenvalue weighted by molar-refractivity contribution is 5.91. The molecule has 3 N–H and O–H groups in total. The normalized spacial score (nSPS) is 12.0. The molecule has 7 nitrogen and oxygen atoms in total. The van der Waals surface area contributed by atoms with E-state index in [4.69, 9.17) is 4.74 Å². The number of rotatable bonds is 12. The number of ether oxygens (including phenoxy) is 1. The van der Waals surface area contributed by atoms with Gasteiger partial charge in [0, 0.05) is 19.4 Å². The Kier molecular flexibility index (Phi) is 10.5. The minimum atomic E-state index is -0.953. The van der Waals surface area contributed by atoms with Crippen molar-refractivity contribution in [2.24, 2.45) is 0 Å². The van der Waals surface area contributed by atoms with Gasteiger partial charge in [-0.05, 0) is 22.3 Å². The van der Waals surface area contributed by atoms with Gasteiger partial charge in [-0.25, -0.2) is 4.79 Å². The van der Waals surface area contributed by atoms with Crippen molar-refractivity contribution < 1.29 is 19.1 Å². The number of benzene rings is 4. The van der Waals surface area contributed by atoms with Gasteiger partial charge in [-0.3, -0.25) is 9.59 Å². The molecule has 4 aromatic rings. The lowest BCUT2D eigenvalue weighted by atomic mass is 10.0. The Labute approximate surface area is 234 Å². The van der Waals surface area contributed by atoms with Crippen LogP contribution in [-0.2, 0) is 40.3 Å². The van der Waals surface area contributed by atoms with Gasteiger partial charge in [0.2, 0.25) is 11.8 Å². The quantitative estimate of drug-likeness (QED) is 0.248. The molecule has 40 heavy (non-hydrogen) atoms. The van der Waals surface area contributed by atoms with E-state index in [2.05, 4.69) is 16.0 Å². The van der Waals surface area contributed by atoms with Gasteiger partial charge in [-0.15, -0.1) is 0 Å². The van der Waals surface area contributed by atoms with Crippen LogP contribution in [0.3, 0.4) is 0 Å². The van der Waals surface area contributed by atoms with Crippen molar-refractivity contribution in [2.45, 2.75) is 38.1 Å². The molecule has 0 aliphatic heterocycles. The van der Waals surface area contributed by atoms with Crippen LogP contribution in [-0.4, -0.2) is 30.0 Å². The van der Waals surface area contributed by atoms with Crippen molar-refractivity contribution >= 4 is 17.9 Å². The van der Waals surface area contributed by atoms with Crippen LogP contribution in [0.4, 0.5) is 4.79 Å². The molecular weight excluding hydrogens is 502 g/mol. The first kappa shape index (κ1) is 28.1. The summed E-state index contributed by atoms with van der Waals surface area (Å²) in [6, 6.07) is 35.9. The predicted molar refractivity (Wildman–Crippen MR) is 154 cm³/mol. The number of alkyl carbamates (subject to hydrolysis) is 1. The van der Waals surface area contributed by atoms with Gasteiger partial charge < -0.3 is 20.7 Å². The van der Waals surface area contributed by atoms with Gasteiger partial charge >= 0.3 is 6.09 Å². The number of nitrogens with one attached hydrogen (secondary N) is 3. The van der Waals surface area contributed by atoms with Crippen LogP contribution in [0.2, 0.25) is 0 Å². The molecule has 0 aromatic heterocycles. The maximum Gasteiger partial charge on any atom is 0.408 e. The number of hydrogen-bond donors (Lipinski definition) is 3.